The number of hydrogen-bond donors (Lipinski definition) is 2. The van der Waals surface area contributed by atoms with Crippen LogP contribution < -0.4 is 15.7 Å². The van der Waals surface area contributed by atoms with Gasteiger partial charge in [-0.3, -0.25) is 9.59 Å². The highest BCUT2D eigenvalue weighted by molar-refractivity contribution is 6.31. The average Bonchev–Trinajstić information content (AvgIpc) is 2.87. The van der Waals surface area contributed by atoms with Crippen molar-refractivity contribution in [3.63, 3.8) is 0 Å². The summed E-state index contributed by atoms with van der Waals surface area (Å²) in [5, 5.41) is 17.2. The lowest BCUT2D eigenvalue weighted by molar-refractivity contribution is -0.307. The van der Waals surface area contributed by atoms with Gasteiger partial charge in [-0.2, -0.15) is 0 Å². The number of nitrogens with zero attached hydrogens (tertiary/aromatic N) is 1. The normalized spacial score (nSPS) is 13.5. The third-order valence-electron chi connectivity index (χ3n) is 4.19. The summed E-state index contributed by atoms with van der Waals surface area (Å²) < 4.78 is 1.71. The van der Waals surface area contributed by atoms with Crippen LogP contribution in [0.3, 0.4) is 0 Å². The monoisotopic (exact) mass is 378 g/mol. The number of aryl methyl sites for hydroxylation is 1. The smallest absolute Gasteiger partial charge is 0.268 e. The Hall–Kier alpha value is -2.54. The molecule has 26 heavy (non-hydrogen) atoms. The number of fused-ring (bicyclic) bond motifs is 1. The van der Waals surface area contributed by atoms with E-state index in [0.717, 1.165) is 10.9 Å². The van der Waals surface area contributed by atoms with Crippen LogP contribution in [-0.4, -0.2) is 34.4 Å². The molecule has 8 heteroatoms. The molecule has 0 saturated heterocycles. The molecule has 0 radical (unpaired) electrons. The Morgan fingerprint density at radius 3 is 2.35 bits per heavy atom. The molecule has 0 saturated carbocycles. The molecule has 1 aromatic heterocycles. The number of benzene rings is 1. The van der Waals surface area contributed by atoms with E-state index in [1.54, 1.807) is 43.7 Å². The first-order valence-electron chi connectivity index (χ1n) is 8.19. The number of aliphatic carboxylic acids is 1. The first-order chi connectivity index (χ1) is 12.1. The predicted octanol–water partition coefficient (Wildman–Crippen LogP) is 0.841. The predicted molar refractivity (Wildman–Crippen MR) is 96.6 cm³/mol. The second-order valence-corrected chi connectivity index (χ2v) is 6.97. The van der Waals surface area contributed by atoms with Crippen molar-refractivity contribution in [2.45, 2.75) is 32.9 Å². The Morgan fingerprint density at radius 2 is 1.77 bits per heavy atom. The standard InChI is InChI=1S/C18H22ClN3O4/c1-9(2)15(17(24)20-10(3)18(25)26)21-16(23)14-8-11-7-12(19)5-6-13(11)22(14)4/h5-10,15H,1-4H3,(H,20,24)(H,21,23)(H,25,26)/p-1/t10-,15-/m0/s1. The van der Waals surface area contributed by atoms with Gasteiger partial charge in [0.25, 0.3) is 5.91 Å². The zero-order valence-corrected chi connectivity index (χ0v) is 15.8. The quantitative estimate of drug-likeness (QED) is 0.777. The number of carboxylic acid groups (broad SMARTS) is 1. The fraction of sp³-hybridized carbons (Fsp3) is 0.389. The lowest BCUT2D eigenvalue weighted by Crippen LogP contribution is -2.55. The minimum absolute atomic E-state index is 0.239. The van der Waals surface area contributed by atoms with Gasteiger partial charge in [-0.1, -0.05) is 25.4 Å². The summed E-state index contributed by atoms with van der Waals surface area (Å²) in [7, 11) is 1.74. The van der Waals surface area contributed by atoms with Crippen molar-refractivity contribution in [1.82, 2.24) is 15.2 Å². The van der Waals surface area contributed by atoms with Crippen LogP contribution in [0.25, 0.3) is 10.9 Å². The topological polar surface area (TPSA) is 103 Å². The van der Waals surface area contributed by atoms with Gasteiger partial charge in [-0.25, -0.2) is 0 Å². The maximum Gasteiger partial charge on any atom is 0.268 e. The van der Waals surface area contributed by atoms with E-state index < -0.39 is 29.9 Å². The molecule has 0 aliphatic heterocycles. The highest BCUT2D eigenvalue weighted by atomic mass is 35.5. The number of nitrogens with one attached hydrogen (secondary N) is 2. The molecule has 2 amide bonds. The van der Waals surface area contributed by atoms with E-state index in [2.05, 4.69) is 10.6 Å². The minimum atomic E-state index is -1.39. The van der Waals surface area contributed by atoms with Crippen molar-refractivity contribution in [3.05, 3.63) is 35.0 Å². The second kappa shape index (κ2) is 7.78. The number of hydrogen-bond acceptors (Lipinski definition) is 4. The van der Waals surface area contributed by atoms with Crippen LogP contribution in [0.2, 0.25) is 5.02 Å². The van der Waals surface area contributed by atoms with Crippen LogP contribution >= 0.6 is 11.6 Å². The fourth-order valence-corrected chi connectivity index (χ4v) is 2.83. The molecule has 2 rings (SSSR count). The fourth-order valence-electron chi connectivity index (χ4n) is 2.65. The van der Waals surface area contributed by atoms with E-state index in [4.69, 9.17) is 11.6 Å². The molecule has 0 bridgehead atoms. The summed E-state index contributed by atoms with van der Waals surface area (Å²) in [4.78, 5) is 35.8. The Bertz CT molecular complexity index is 859. The number of carbonyl (C=O) groups excluding carboxylic acids is 3. The maximum absolute atomic E-state index is 12.7. The minimum Gasteiger partial charge on any atom is -0.548 e. The summed E-state index contributed by atoms with van der Waals surface area (Å²) in [6, 6.07) is 4.95. The van der Waals surface area contributed by atoms with Crippen LogP contribution in [0.4, 0.5) is 0 Å². The van der Waals surface area contributed by atoms with Crippen LogP contribution in [0, 0.1) is 5.92 Å². The maximum atomic E-state index is 12.7. The molecular weight excluding hydrogens is 358 g/mol. The summed E-state index contributed by atoms with van der Waals surface area (Å²) >= 11 is 5.99. The molecule has 1 heterocycles. The molecule has 0 aliphatic rings. The summed E-state index contributed by atoms with van der Waals surface area (Å²) in [5.74, 6) is -2.64. The van der Waals surface area contributed by atoms with Gasteiger partial charge in [0.05, 0.1) is 12.0 Å². The summed E-state index contributed by atoms with van der Waals surface area (Å²) in [6.07, 6.45) is 0. The number of rotatable bonds is 6. The first kappa shape index (κ1) is 19.8. The van der Waals surface area contributed by atoms with Gasteiger partial charge < -0.3 is 25.1 Å². The van der Waals surface area contributed by atoms with E-state index in [-0.39, 0.29) is 5.92 Å². The molecule has 1 aromatic carbocycles. The van der Waals surface area contributed by atoms with Crippen molar-refractivity contribution < 1.29 is 19.5 Å². The molecule has 7 nitrogen and oxygen atoms in total. The van der Waals surface area contributed by atoms with Gasteiger partial charge in [0.15, 0.2) is 0 Å². The third kappa shape index (κ3) is 4.16. The van der Waals surface area contributed by atoms with Crippen molar-refractivity contribution in [2.24, 2.45) is 13.0 Å². The van der Waals surface area contributed by atoms with Gasteiger partial charge in [-0.05, 0) is 37.1 Å². The van der Waals surface area contributed by atoms with Crippen molar-refractivity contribution in [2.75, 3.05) is 0 Å². The Labute approximate surface area is 156 Å². The molecule has 0 unspecified atom stereocenters. The van der Waals surface area contributed by atoms with Crippen LogP contribution in [0.15, 0.2) is 24.3 Å². The number of amides is 2. The Balaban J connectivity index is 2.24. The van der Waals surface area contributed by atoms with Crippen LogP contribution in [-0.2, 0) is 16.6 Å². The second-order valence-electron chi connectivity index (χ2n) is 6.54. The molecule has 2 N–H and O–H groups in total. The lowest BCUT2D eigenvalue weighted by Gasteiger charge is -2.24. The lowest BCUT2D eigenvalue weighted by atomic mass is 10.0. The van der Waals surface area contributed by atoms with E-state index >= 15 is 0 Å². The van der Waals surface area contributed by atoms with Gasteiger partial charge in [-0.15, -0.1) is 0 Å². The summed E-state index contributed by atoms with van der Waals surface area (Å²) in [6.45, 7) is 4.82. The molecule has 2 aromatic rings. The molecule has 2 atom stereocenters. The van der Waals surface area contributed by atoms with Crippen LogP contribution in [0.5, 0.6) is 0 Å². The van der Waals surface area contributed by atoms with Gasteiger partial charge in [0.1, 0.15) is 11.7 Å². The molecule has 0 aliphatic carbocycles. The number of aromatic nitrogens is 1. The number of carbonyl (C=O) groups is 3. The highest BCUT2D eigenvalue weighted by Crippen LogP contribution is 2.22. The van der Waals surface area contributed by atoms with Gasteiger partial charge in [0.2, 0.25) is 5.91 Å². The van der Waals surface area contributed by atoms with E-state index in [0.29, 0.717) is 10.7 Å². The zero-order chi connectivity index (χ0) is 19.6. The number of carboxylic acids is 1. The molecule has 140 valence electrons. The van der Waals surface area contributed by atoms with E-state index in [9.17, 15) is 19.5 Å². The SMILES string of the molecule is CC(C)[C@H](NC(=O)c1cc2cc(Cl)ccc2n1C)C(=O)N[C@@H](C)C(=O)[O-]. The average molecular weight is 379 g/mol. The highest BCUT2D eigenvalue weighted by Gasteiger charge is 2.27. The van der Waals surface area contributed by atoms with Gasteiger partial charge >= 0.3 is 0 Å². The Kier molecular flexibility index (Phi) is 5.92. The zero-order valence-electron chi connectivity index (χ0n) is 15.0. The molecule has 0 spiro atoms. The van der Waals surface area contributed by atoms with Crippen molar-refractivity contribution in [1.29, 1.82) is 0 Å². The Morgan fingerprint density at radius 1 is 1.12 bits per heavy atom. The van der Waals surface area contributed by atoms with E-state index in [1.165, 1.54) is 6.92 Å². The first-order valence-corrected chi connectivity index (χ1v) is 8.56. The largest absolute Gasteiger partial charge is 0.548 e. The van der Waals surface area contributed by atoms with Crippen molar-refractivity contribution >= 4 is 40.3 Å². The van der Waals surface area contributed by atoms with Crippen molar-refractivity contribution in [3.8, 4) is 0 Å². The third-order valence-corrected chi connectivity index (χ3v) is 4.42. The summed E-state index contributed by atoms with van der Waals surface area (Å²) in [5.41, 5.74) is 1.20. The van der Waals surface area contributed by atoms with E-state index in [1.807, 2.05) is 6.07 Å². The molecular formula is C18H21ClN3O4-. The molecule has 0 fully saturated rings. The number of halogens is 1. The van der Waals surface area contributed by atoms with Gasteiger partial charge in [0, 0.05) is 23.0 Å². The van der Waals surface area contributed by atoms with Crippen LogP contribution in [0.1, 0.15) is 31.3 Å².